The van der Waals surface area contributed by atoms with Crippen molar-refractivity contribution in [1.29, 1.82) is 0 Å². The first-order valence-corrected chi connectivity index (χ1v) is 6.42. The van der Waals surface area contributed by atoms with Crippen molar-refractivity contribution in [3.63, 3.8) is 0 Å². The first-order valence-electron chi connectivity index (χ1n) is 6.42. The number of aromatic nitrogens is 6. The van der Waals surface area contributed by atoms with Crippen molar-refractivity contribution in [2.75, 3.05) is 5.73 Å². The first-order chi connectivity index (χ1) is 10.2. The maximum Gasteiger partial charge on any atom is 0.222 e. The second-order valence-electron chi connectivity index (χ2n) is 4.77. The lowest BCUT2D eigenvalue weighted by molar-refractivity contribution is 0.818. The zero-order chi connectivity index (χ0) is 14.4. The Bertz CT molecular complexity index is 974. The molecule has 21 heavy (non-hydrogen) atoms. The van der Waals surface area contributed by atoms with Gasteiger partial charge in [-0.1, -0.05) is 11.3 Å². The van der Waals surface area contributed by atoms with Gasteiger partial charge in [0.1, 0.15) is 0 Å². The standard InChI is InChI=1S/C14H11N7/c1-8-2-3-9-6-10(4-5-11(9)17-8)21-13-12(19-20-21)7-16-14(15)18-13/h2-7H,1H3,(H2,15,16,18). The van der Waals surface area contributed by atoms with E-state index in [0.717, 1.165) is 22.3 Å². The Kier molecular flexibility index (Phi) is 2.34. The van der Waals surface area contributed by atoms with E-state index >= 15 is 0 Å². The minimum Gasteiger partial charge on any atom is -0.368 e. The molecule has 0 aliphatic rings. The molecule has 0 aliphatic heterocycles. The van der Waals surface area contributed by atoms with Gasteiger partial charge in [0, 0.05) is 11.1 Å². The molecule has 4 rings (SSSR count). The lowest BCUT2D eigenvalue weighted by Gasteiger charge is -2.04. The van der Waals surface area contributed by atoms with Crippen LogP contribution in [0.1, 0.15) is 5.69 Å². The van der Waals surface area contributed by atoms with Crippen molar-refractivity contribution >= 4 is 28.0 Å². The molecule has 3 aromatic heterocycles. The normalized spacial score (nSPS) is 11.3. The van der Waals surface area contributed by atoms with Gasteiger partial charge >= 0.3 is 0 Å². The first kappa shape index (κ1) is 11.7. The van der Waals surface area contributed by atoms with Crippen LogP contribution < -0.4 is 5.73 Å². The van der Waals surface area contributed by atoms with E-state index in [4.69, 9.17) is 5.73 Å². The lowest BCUT2D eigenvalue weighted by atomic mass is 10.2. The van der Waals surface area contributed by atoms with Crippen LogP contribution in [0.25, 0.3) is 27.8 Å². The summed E-state index contributed by atoms with van der Waals surface area (Å²) in [6, 6.07) is 9.89. The molecule has 1 aromatic carbocycles. The number of benzene rings is 1. The van der Waals surface area contributed by atoms with Crippen LogP contribution in [-0.4, -0.2) is 29.9 Å². The third-order valence-electron chi connectivity index (χ3n) is 3.27. The van der Waals surface area contributed by atoms with Gasteiger partial charge < -0.3 is 5.73 Å². The van der Waals surface area contributed by atoms with Crippen LogP contribution in [0.3, 0.4) is 0 Å². The van der Waals surface area contributed by atoms with E-state index in [1.807, 2.05) is 37.3 Å². The number of hydrogen-bond acceptors (Lipinski definition) is 6. The van der Waals surface area contributed by atoms with Gasteiger partial charge in [0.05, 0.1) is 17.4 Å². The highest BCUT2D eigenvalue weighted by molar-refractivity contribution is 5.82. The third-order valence-corrected chi connectivity index (χ3v) is 3.27. The molecule has 0 unspecified atom stereocenters. The number of rotatable bonds is 1. The minimum atomic E-state index is 0.198. The van der Waals surface area contributed by atoms with Crippen LogP contribution in [-0.2, 0) is 0 Å². The topological polar surface area (TPSA) is 95.4 Å². The zero-order valence-corrected chi connectivity index (χ0v) is 11.2. The molecule has 102 valence electrons. The van der Waals surface area contributed by atoms with E-state index in [1.165, 1.54) is 0 Å². The summed E-state index contributed by atoms with van der Waals surface area (Å²) in [4.78, 5) is 12.6. The largest absolute Gasteiger partial charge is 0.368 e. The quantitative estimate of drug-likeness (QED) is 0.568. The van der Waals surface area contributed by atoms with Crippen molar-refractivity contribution in [2.45, 2.75) is 6.92 Å². The molecule has 7 nitrogen and oxygen atoms in total. The van der Waals surface area contributed by atoms with Gasteiger partial charge in [0.25, 0.3) is 0 Å². The zero-order valence-electron chi connectivity index (χ0n) is 11.2. The van der Waals surface area contributed by atoms with Crippen molar-refractivity contribution in [3.8, 4) is 5.69 Å². The SMILES string of the molecule is Cc1ccc2cc(-n3nnc4cnc(N)nc43)ccc2n1. The van der Waals surface area contributed by atoms with Gasteiger partial charge in [-0.2, -0.15) is 9.67 Å². The van der Waals surface area contributed by atoms with Crippen molar-refractivity contribution in [3.05, 3.63) is 42.2 Å². The maximum atomic E-state index is 5.64. The fraction of sp³-hybridized carbons (Fsp3) is 0.0714. The summed E-state index contributed by atoms with van der Waals surface area (Å²) < 4.78 is 1.65. The van der Waals surface area contributed by atoms with Crippen molar-refractivity contribution < 1.29 is 0 Å². The Morgan fingerprint density at radius 1 is 1.05 bits per heavy atom. The maximum absolute atomic E-state index is 5.64. The van der Waals surface area contributed by atoms with Crippen LogP contribution in [0, 0.1) is 6.92 Å². The summed E-state index contributed by atoms with van der Waals surface area (Å²) in [6.07, 6.45) is 1.56. The Hall–Kier alpha value is -3.09. The average Bonchev–Trinajstić information content (AvgIpc) is 2.89. The van der Waals surface area contributed by atoms with E-state index in [2.05, 4.69) is 25.3 Å². The molecule has 0 radical (unpaired) electrons. The van der Waals surface area contributed by atoms with Gasteiger partial charge in [-0.25, -0.2) is 4.98 Å². The Balaban J connectivity index is 1.95. The van der Waals surface area contributed by atoms with Gasteiger partial charge in [-0.05, 0) is 31.2 Å². The molecule has 4 aromatic rings. The number of pyridine rings is 1. The van der Waals surface area contributed by atoms with Crippen LogP contribution in [0.4, 0.5) is 5.95 Å². The second-order valence-corrected chi connectivity index (χ2v) is 4.77. The molecule has 0 saturated carbocycles. The molecule has 0 amide bonds. The highest BCUT2D eigenvalue weighted by atomic mass is 15.4. The van der Waals surface area contributed by atoms with E-state index in [-0.39, 0.29) is 5.95 Å². The fourth-order valence-electron chi connectivity index (χ4n) is 2.26. The molecule has 3 heterocycles. The Morgan fingerprint density at radius 2 is 1.95 bits per heavy atom. The summed E-state index contributed by atoms with van der Waals surface area (Å²) in [5.74, 6) is 0.198. The highest BCUT2D eigenvalue weighted by Gasteiger charge is 2.09. The predicted molar refractivity (Wildman–Crippen MR) is 78.9 cm³/mol. The van der Waals surface area contributed by atoms with Crippen molar-refractivity contribution in [2.24, 2.45) is 0 Å². The van der Waals surface area contributed by atoms with Crippen LogP contribution >= 0.6 is 0 Å². The molecule has 0 aliphatic carbocycles. The molecule has 0 fully saturated rings. The summed E-state index contributed by atoms with van der Waals surface area (Å²) in [7, 11) is 0. The number of nitrogens with zero attached hydrogens (tertiary/aromatic N) is 6. The highest BCUT2D eigenvalue weighted by Crippen LogP contribution is 2.19. The molecule has 0 bridgehead atoms. The van der Waals surface area contributed by atoms with Gasteiger partial charge in [-0.15, -0.1) is 5.10 Å². The molecular formula is C14H11N7. The molecular weight excluding hydrogens is 266 g/mol. The summed E-state index contributed by atoms with van der Waals surface area (Å²) in [5, 5.41) is 9.20. The molecule has 0 atom stereocenters. The number of fused-ring (bicyclic) bond motifs is 2. The average molecular weight is 277 g/mol. The fourth-order valence-corrected chi connectivity index (χ4v) is 2.26. The Labute approximate surface area is 119 Å². The van der Waals surface area contributed by atoms with E-state index < -0.39 is 0 Å². The molecule has 2 N–H and O–H groups in total. The number of nitrogen functional groups attached to an aromatic ring is 1. The smallest absolute Gasteiger partial charge is 0.222 e. The van der Waals surface area contributed by atoms with Crippen LogP contribution in [0.2, 0.25) is 0 Å². The summed E-state index contributed by atoms with van der Waals surface area (Å²) in [5.41, 5.74) is 9.61. The number of anilines is 1. The van der Waals surface area contributed by atoms with Gasteiger partial charge in [0.15, 0.2) is 11.2 Å². The molecule has 0 saturated heterocycles. The van der Waals surface area contributed by atoms with Crippen molar-refractivity contribution in [1.82, 2.24) is 29.9 Å². The van der Waals surface area contributed by atoms with E-state index in [0.29, 0.717) is 11.2 Å². The minimum absolute atomic E-state index is 0.198. The van der Waals surface area contributed by atoms with E-state index in [9.17, 15) is 0 Å². The van der Waals surface area contributed by atoms with Gasteiger partial charge in [0.2, 0.25) is 5.95 Å². The predicted octanol–water partition coefficient (Wildman–Crippen LogP) is 1.65. The summed E-state index contributed by atoms with van der Waals surface area (Å²) in [6.45, 7) is 1.97. The number of nitrogens with two attached hydrogens (primary N) is 1. The summed E-state index contributed by atoms with van der Waals surface area (Å²) >= 11 is 0. The van der Waals surface area contributed by atoms with Crippen LogP contribution in [0.15, 0.2) is 36.5 Å². The second kappa shape index (κ2) is 4.20. The van der Waals surface area contributed by atoms with Gasteiger partial charge in [-0.3, -0.25) is 4.98 Å². The van der Waals surface area contributed by atoms with Crippen LogP contribution in [0.5, 0.6) is 0 Å². The molecule has 0 spiro atoms. The lowest BCUT2D eigenvalue weighted by Crippen LogP contribution is -2.00. The number of aryl methyl sites for hydroxylation is 1. The third kappa shape index (κ3) is 1.86. The monoisotopic (exact) mass is 277 g/mol. The molecule has 7 heteroatoms. The Morgan fingerprint density at radius 3 is 2.86 bits per heavy atom. The number of hydrogen-bond donors (Lipinski definition) is 1. The van der Waals surface area contributed by atoms with E-state index in [1.54, 1.807) is 10.9 Å².